The molecule has 1 aliphatic carbocycles. The van der Waals surface area contributed by atoms with Gasteiger partial charge < -0.3 is 9.84 Å². The zero-order valence-corrected chi connectivity index (χ0v) is 11.6. The molecular weight excluding hydrogens is 226 g/mol. The summed E-state index contributed by atoms with van der Waals surface area (Å²) in [6, 6.07) is 2.08. The lowest BCUT2D eigenvalue weighted by atomic mass is 10.3. The van der Waals surface area contributed by atoms with Crippen molar-refractivity contribution in [2.24, 2.45) is 5.92 Å². The summed E-state index contributed by atoms with van der Waals surface area (Å²) in [5, 5.41) is 7.44. The molecule has 0 aromatic carbocycles. The summed E-state index contributed by atoms with van der Waals surface area (Å²) < 4.78 is 5.40. The first kappa shape index (κ1) is 13.6. The molecule has 1 aliphatic rings. The average molecular weight is 251 g/mol. The fourth-order valence-corrected chi connectivity index (χ4v) is 2.10. The molecule has 4 nitrogen and oxygen atoms in total. The van der Waals surface area contributed by atoms with Crippen LogP contribution >= 0.6 is 0 Å². The number of rotatable bonds is 9. The van der Waals surface area contributed by atoms with E-state index < -0.39 is 0 Å². The molecule has 0 aliphatic heterocycles. The molecule has 0 amide bonds. The minimum Gasteiger partial charge on any atom is -0.360 e. The second-order valence-corrected chi connectivity index (χ2v) is 5.23. The summed E-state index contributed by atoms with van der Waals surface area (Å²) in [5.74, 6) is 1.92. The van der Waals surface area contributed by atoms with Gasteiger partial charge in [-0.25, -0.2) is 0 Å². The molecule has 2 rings (SSSR count). The molecule has 1 fully saturated rings. The van der Waals surface area contributed by atoms with E-state index >= 15 is 0 Å². The quantitative estimate of drug-likeness (QED) is 0.684. The van der Waals surface area contributed by atoms with Crippen LogP contribution in [0.4, 0.5) is 0 Å². The molecule has 1 N–H and O–H groups in total. The third-order valence-electron chi connectivity index (χ3n) is 3.38. The van der Waals surface area contributed by atoms with E-state index in [0.717, 1.165) is 50.0 Å². The Morgan fingerprint density at radius 3 is 2.94 bits per heavy atom. The van der Waals surface area contributed by atoms with Crippen LogP contribution in [-0.2, 0) is 13.1 Å². The predicted octanol–water partition coefficient (Wildman–Crippen LogP) is 2.41. The highest BCUT2D eigenvalue weighted by molar-refractivity contribution is 5.05. The molecule has 0 saturated heterocycles. The summed E-state index contributed by atoms with van der Waals surface area (Å²) in [6.07, 6.45) is 3.95. The number of aromatic nitrogens is 1. The van der Waals surface area contributed by atoms with Crippen molar-refractivity contribution in [1.82, 2.24) is 15.4 Å². The Labute approximate surface area is 110 Å². The predicted molar refractivity (Wildman–Crippen MR) is 72.2 cm³/mol. The summed E-state index contributed by atoms with van der Waals surface area (Å²) >= 11 is 0. The highest BCUT2D eigenvalue weighted by Crippen LogP contribution is 2.30. The van der Waals surface area contributed by atoms with E-state index in [-0.39, 0.29) is 0 Å². The molecule has 102 valence electrons. The third kappa shape index (κ3) is 4.42. The van der Waals surface area contributed by atoms with Crippen LogP contribution in [-0.4, -0.2) is 29.7 Å². The highest BCUT2D eigenvalue weighted by atomic mass is 16.5. The minimum atomic E-state index is 0.812. The average Bonchev–Trinajstić information content (AvgIpc) is 3.08. The molecule has 1 aromatic heterocycles. The van der Waals surface area contributed by atoms with Gasteiger partial charge in [-0.1, -0.05) is 19.0 Å². The van der Waals surface area contributed by atoms with E-state index in [1.807, 2.05) is 0 Å². The van der Waals surface area contributed by atoms with Gasteiger partial charge in [-0.2, -0.15) is 0 Å². The van der Waals surface area contributed by atoms with Gasteiger partial charge in [0.15, 0.2) is 5.76 Å². The Kier molecular flexibility index (Phi) is 5.20. The summed E-state index contributed by atoms with van der Waals surface area (Å²) in [6.45, 7) is 9.41. The molecule has 0 unspecified atom stereocenters. The second kappa shape index (κ2) is 6.90. The van der Waals surface area contributed by atoms with Crippen LogP contribution in [0, 0.1) is 5.92 Å². The van der Waals surface area contributed by atoms with Gasteiger partial charge in [0.2, 0.25) is 0 Å². The van der Waals surface area contributed by atoms with Gasteiger partial charge in [-0.3, -0.25) is 4.90 Å². The minimum absolute atomic E-state index is 0.812. The number of nitrogens with zero attached hydrogens (tertiary/aromatic N) is 2. The third-order valence-corrected chi connectivity index (χ3v) is 3.38. The van der Waals surface area contributed by atoms with Crippen molar-refractivity contribution in [3.8, 4) is 0 Å². The van der Waals surface area contributed by atoms with E-state index in [0.29, 0.717) is 0 Å². The van der Waals surface area contributed by atoms with E-state index in [1.165, 1.54) is 19.4 Å². The van der Waals surface area contributed by atoms with E-state index in [4.69, 9.17) is 4.52 Å². The smallest absolute Gasteiger partial charge is 0.151 e. The van der Waals surface area contributed by atoms with Crippen LogP contribution in [0.2, 0.25) is 0 Å². The van der Waals surface area contributed by atoms with Crippen LogP contribution in [0.1, 0.15) is 44.6 Å². The molecule has 0 spiro atoms. The molecule has 1 saturated carbocycles. The number of hydrogen-bond donors (Lipinski definition) is 1. The first-order valence-corrected chi connectivity index (χ1v) is 7.19. The molecular formula is C14H25N3O. The van der Waals surface area contributed by atoms with Crippen molar-refractivity contribution < 1.29 is 4.52 Å². The Morgan fingerprint density at radius 1 is 1.44 bits per heavy atom. The van der Waals surface area contributed by atoms with Gasteiger partial charge >= 0.3 is 0 Å². The molecule has 1 aromatic rings. The molecule has 4 heteroatoms. The van der Waals surface area contributed by atoms with Crippen LogP contribution < -0.4 is 5.32 Å². The Bertz CT molecular complexity index is 347. The van der Waals surface area contributed by atoms with Gasteiger partial charge in [0.1, 0.15) is 0 Å². The zero-order chi connectivity index (χ0) is 12.8. The number of hydrogen-bond acceptors (Lipinski definition) is 4. The Balaban J connectivity index is 1.76. The Hall–Kier alpha value is -0.870. The SMILES string of the molecule is CCCNCc1cc(CN(CC)CC2CC2)on1. The van der Waals surface area contributed by atoms with Crippen molar-refractivity contribution in [2.45, 2.75) is 46.2 Å². The van der Waals surface area contributed by atoms with E-state index in [9.17, 15) is 0 Å². The normalized spacial score (nSPS) is 15.5. The van der Waals surface area contributed by atoms with Gasteiger partial charge in [-0.15, -0.1) is 0 Å². The monoisotopic (exact) mass is 251 g/mol. The molecule has 0 radical (unpaired) electrons. The topological polar surface area (TPSA) is 41.3 Å². The lowest BCUT2D eigenvalue weighted by Crippen LogP contribution is -2.24. The molecule has 0 atom stereocenters. The van der Waals surface area contributed by atoms with Crippen molar-refractivity contribution in [3.63, 3.8) is 0 Å². The zero-order valence-electron chi connectivity index (χ0n) is 11.6. The lowest BCUT2D eigenvalue weighted by molar-refractivity contribution is 0.232. The summed E-state index contributed by atoms with van der Waals surface area (Å²) in [5.41, 5.74) is 1.01. The molecule has 0 bridgehead atoms. The van der Waals surface area contributed by atoms with Crippen molar-refractivity contribution in [2.75, 3.05) is 19.6 Å². The standard InChI is InChI=1S/C14H25N3O/c1-3-7-15-9-13-8-14(18-16-13)11-17(4-2)10-12-5-6-12/h8,12,15H,3-7,9-11H2,1-2H3. The maximum absolute atomic E-state index is 5.40. The van der Waals surface area contributed by atoms with Crippen molar-refractivity contribution >= 4 is 0 Å². The first-order chi connectivity index (χ1) is 8.81. The highest BCUT2D eigenvalue weighted by Gasteiger charge is 2.24. The van der Waals surface area contributed by atoms with Crippen LogP contribution in [0.25, 0.3) is 0 Å². The molecule has 1 heterocycles. The maximum atomic E-state index is 5.40. The second-order valence-electron chi connectivity index (χ2n) is 5.23. The Morgan fingerprint density at radius 2 is 2.28 bits per heavy atom. The van der Waals surface area contributed by atoms with Crippen molar-refractivity contribution in [3.05, 3.63) is 17.5 Å². The van der Waals surface area contributed by atoms with Crippen LogP contribution in [0.15, 0.2) is 10.6 Å². The van der Waals surface area contributed by atoms with Crippen LogP contribution in [0.5, 0.6) is 0 Å². The fourth-order valence-electron chi connectivity index (χ4n) is 2.10. The van der Waals surface area contributed by atoms with E-state index in [2.05, 4.69) is 35.3 Å². The summed E-state index contributed by atoms with van der Waals surface area (Å²) in [4.78, 5) is 2.45. The lowest BCUT2D eigenvalue weighted by Gasteiger charge is -2.17. The van der Waals surface area contributed by atoms with Gasteiger partial charge in [0.05, 0.1) is 12.2 Å². The first-order valence-electron chi connectivity index (χ1n) is 7.19. The van der Waals surface area contributed by atoms with Crippen LogP contribution in [0.3, 0.4) is 0 Å². The van der Waals surface area contributed by atoms with Gasteiger partial charge in [-0.05, 0) is 38.3 Å². The van der Waals surface area contributed by atoms with Gasteiger partial charge in [0, 0.05) is 19.2 Å². The largest absolute Gasteiger partial charge is 0.360 e. The molecule has 18 heavy (non-hydrogen) atoms. The van der Waals surface area contributed by atoms with Gasteiger partial charge in [0.25, 0.3) is 0 Å². The maximum Gasteiger partial charge on any atom is 0.151 e. The van der Waals surface area contributed by atoms with E-state index in [1.54, 1.807) is 0 Å². The number of nitrogens with one attached hydrogen (secondary N) is 1. The fraction of sp³-hybridized carbons (Fsp3) is 0.786. The van der Waals surface area contributed by atoms with Crippen molar-refractivity contribution in [1.29, 1.82) is 0 Å². The summed E-state index contributed by atoms with van der Waals surface area (Å²) in [7, 11) is 0.